The first-order valence-electron chi connectivity index (χ1n) is 10.7. The predicted molar refractivity (Wildman–Crippen MR) is 113 cm³/mol. The summed E-state index contributed by atoms with van der Waals surface area (Å²) in [4.78, 5) is 28.2. The molecule has 2 aliphatic rings. The van der Waals surface area contributed by atoms with Gasteiger partial charge in [-0.3, -0.25) is 0 Å². The maximum Gasteiger partial charge on any atom is 0.360 e. The second kappa shape index (κ2) is 8.59. The summed E-state index contributed by atoms with van der Waals surface area (Å²) in [5.41, 5.74) is 2.24. The molecule has 4 atom stereocenters. The first kappa shape index (κ1) is 20.5. The topological polar surface area (TPSA) is 98.9 Å². The van der Waals surface area contributed by atoms with Crippen LogP contribution in [0.5, 0.6) is 0 Å². The summed E-state index contributed by atoms with van der Waals surface area (Å²) in [7, 11) is 0. The monoisotopic (exact) mass is 433 g/mol. The van der Waals surface area contributed by atoms with E-state index in [1.165, 1.54) is 6.26 Å². The fourth-order valence-corrected chi connectivity index (χ4v) is 4.81. The van der Waals surface area contributed by atoms with Crippen molar-refractivity contribution in [2.75, 3.05) is 0 Å². The first-order valence-corrected chi connectivity index (χ1v) is 10.7. The van der Waals surface area contributed by atoms with Crippen LogP contribution >= 0.6 is 0 Å². The summed E-state index contributed by atoms with van der Waals surface area (Å²) in [5, 5.41) is 9.28. The molecule has 2 aliphatic heterocycles. The zero-order valence-corrected chi connectivity index (χ0v) is 17.3. The summed E-state index contributed by atoms with van der Waals surface area (Å²) >= 11 is 0. The normalized spacial score (nSPS) is 23.9. The molecule has 7 heteroatoms. The third kappa shape index (κ3) is 4.03. The molecule has 164 valence electrons. The number of aromatic carboxylic acids is 1. The molecule has 7 nitrogen and oxygen atoms in total. The van der Waals surface area contributed by atoms with E-state index in [0.29, 0.717) is 12.3 Å². The number of carboxylic acid groups (broad SMARTS) is 1. The predicted octanol–water partition coefficient (Wildman–Crippen LogP) is 4.23. The lowest BCUT2D eigenvalue weighted by molar-refractivity contribution is 0.0465. The Labute approximate surface area is 185 Å². The van der Waals surface area contributed by atoms with Crippen molar-refractivity contribution in [2.24, 2.45) is 5.92 Å². The Morgan fingerprint density at radius 2 is 1.81 bits per heavy atom. The van der Waals surface area contributed by atoms with Crippen LogP contribution in [0.15, 0.2) is 65.3 Å². The number of carbonyl (C=O) groups excluding carboxylic acids is 1. The minimum Gasteiger partial charge on any atom is -0.478 e. The van der Waals surface area contributed by atoms with Gasteiger partial charge in [0.1, 0.15) is 12.9 Å². The van der Waals surface area contributed by atoms with Gasteiger partial charge in [-0.1, -0.05) is 42.5 Å². The van der Waals surface area contributed by atoms with Gasteiger partial charge in [0.15, 0.2) is 5.69 Å². The van der Waals surface area contributed by atoms with E-state index in [2.05, 4.69) is 4.98 Å². The lowest BCUT2D eigenvalue weighted by Gasteiger charge is -2.25. The second-order valence-electron chi connectivity index (χ2n) is 8.32. The van der Waals surface area contributed by atoms with Crippen molar-refractivity contribution in [1.29, 1.82) is 0 Å². The van der Waals surface area contributed by atoms with Crippen molar-refractivity contribution < 1.29 is 28.6 Å². The van der Waals surface area contributed by atoms with Gasteiger partial charge in [-0.2, -0.15) is 0 Å². The Kier molecular flexibility index (Phi) is 5.49. The lowest BCUT2D eigenvalue weighted by atomic mass is 9.76. The maximum atomic E-state index is 12.4. The Balaban J connectivity index is 1.31. The highest BCUT2D eigenvalue weighted by molar-refractivity contribution is 5.87. The third-order valence-corrected chi connectivity index (χ3v) is 6.30. The second-order valence-corrected chi connectivity index (χ2v) is 8.32. The first-order chi connectivity index (χ1) is 15.6. The number of nitrogens with zero attached hydrogens (tertiary/aromatic N) is 1. The van der Waals surface area contributed by atoms with Crippen molar-refractivity contribution in [3.8, 4) is 0 Å². The molecule has 0 aliphatic carbocycles. The SMILES string of the molecule is O=C(O)c1cccc(C[C@@H]2[C@H](c3nc(C(=O)OCc4ccccc4)co3)[C@H]3CC[C@@H]2O3)c1. The van der Waals surface area contributed by atoms with Crippen LogP contribution < -0.4 is 0 Å². The van der Waals surface area contributed by atoms with Gasteiger partial charge in [0, 0.05) is 5.92 Å². The number of fused-ring (bicyclic) bond motifs is 2. The third-order valence-electron chi connectivity index (χ3n) is 6.30. The van der Waals surface area contributed by atoms with Crippen LogP contribution in [0, 0.1) is 5.92 Å². The minimum absolute atomic E-state index is 0.0144. The van der Waals surface area contributed by atoms with Gasteiger partial charge in [0.05, 0.1) is 23.7 Å². The molecular weight excluding hydrogens is 410 g/mol. The molecule has 0 spiro atoms. The van der Waals surface area contributed by atoms with E-state index in [1.807, 2.05) is 36.4 Å². The minimum atomic E-state index is -0.945. The number of carbonyl (C=O) groups is 2. The zero-order chi connectivity index (χ0) is 22.1. The molecule has 1 N–H and O–H groups in total. The molecule has 0 unspecified atom stereocenters. The number of benzene rings is 2. The van der Waals surface area contributed by atoms with E-state index in [0.717, 1.165) is 24.0 Å². The fraction of sp³-hybridized carbons (Fsp3) is 0.320. The molecular formula is C25H23NO6. The summed E-state index contributed by atoms with van der Waals surface area (Å²) in [6.07, 6.45) is 3.92. The quantitative estimate of drug-likeness (QED) is 0.557. The van der Waals surface area contributed by atoms with Crippen molar-refractivity contribution in [1.82, 2.24) is 4.98 Å². The Hall–Kier alpha value is -3.45. The van der Waals surface area contributed by atoms with Crippen LogP contribution in [0.2, 0.25) is 0 Å². The van der Waals surface area contributed by atoms with Gasteiger partial charge >= 0.3 is 11.9 Å². The average Bonchev–Trinajstić information content (AvgIpc) is 3.55. The van der Waals surface area contributed by atoms with Crippen molar-refractivity contribution in [3.63, 3.8) is 0 Å². The van der Waals surface area contributed by atoms with E-state index in [1.54, 1.807) is 18.2 Å². The number of hydrogen-bond donors (Lipinski definition) is 1. The van der Waals surface area contributed by atoms with Gasteiger partial charge < -0.3 is 19.0 Å². The van der Waals surface area contributed by atoms with E-state index >= 15 is 0 Å². The van der Waals surface area contributed by atoms with Crippen molar-refractivity contribution in [2.45, 2.75) is 44.0 Å². The van der Waals surface area contributed by atoms with Crippen LogP contribution in [0.25, 0.3) is 0 Å². The number of hydrogen-bond acceptors (Lipinski definition) is 6. The Morgan fingerprint density at radius 3 is 2.62 bits per heavy atom. The largest absolute Gasteiger partial charge is 0.478 e. The van der Waals surface area contributed by atoms with Crippen LogP contribution in [-0.2, 0) is 22.5 Å². The van der Waals surface area contributed by atoms with Crippen LogP contribution in [0.3, 0.4) is 0 Å². The van der Waals surface area contributed by atoms with Crippen LogP contribution in [0.1, 0.15) is 56.6 Å². The molecule has 32 heavy (non-hydrogen) atoms. The molecule has 0 radical (unpaired) electrons. The van der Waals surface area contributed by atoms with Crippen molar-refractivity contribution in [3.05, 3.63) is 89.1 Å². The summed E-state index contributed by atoms with van der Waals surface area (Å²) < 4.78 is 17.2. The summed E-state index contributed by atoms with van der Waals surface area (Å²) in [6.45, 7) is 0.168. The van der Waals surface area contributed by atoms with E-state index < -0.39 is 11.9 Å². The van der Waals surface area contributed by atoms with Gasteiger partial charge in [-0.15, -0.1) is 0 Å². The zero-order valence-electron chi connectivity index (χ0n) is 17.3. The highest BCUT2D eigenvalue weighted by Crippen LogP contribution is 2.49. The van der Waals surface area contributed by atoms with Gasteiger partial charge in [-0.25, -0.2) is 14.6 Å². The van der Waals surface area contributed by atoms with Gasteiger partial charge in [0.2, 0.25) is 5.89 Å². The highest BCUT2D eigenvalue weighted by atomic mass is 16.5. The molecule has 2 fully saturated rings. The van der Waals surface area contributed by atoms with Crippen molar-refractivity contribution >= 4 is 11.9 Å². The number of rotatable bonds is 7. The Bertz CT molecular complexity index is 1120. The standard InChI is InChI=1S/C25H23NO6/c27-24(28)17-8-4-7-16(11-17)12-18-20-9-10-21(32-20)22(18)23-26-19(14-30-23)25(29)31-13-15-5-2-1-3-6-15/h1-8,11,14,18,20-22H,9-10,12-13H2,(H,27,28)/t18-,20-,21+,22-/m0/s1. The molecule has 3 heterocycles. The molecule has 3 aromatic rings. The Morgan fingerprint density at radius 1 is 1.03 bits per heavy atom. The van der Waals surface area contributed by atoms with Crippen LogP contribution in [0.4, 0.5) is 0 Å². The number of carboxylic acids is 1. The van der Waals surface area contributed by atoms with E-state index in [-0.39, 0.29) is 41.9 Å². The average molecular weight is 433 g/mol. The highest BCUT2D eigenvalue weighted by Gasteiger charge is 2.51. The van der Waals surface area contributed by atoms with E-state index in [4.69, 9.17) is 13.9 Å². The van der Waals surface area contributed by atoms with Gasteiger partial charge in [-0.05, 0) is 42.5 Å². The molecule has 1 aromatic heterocycles. The lowest BCUT2D eigenvalue weighted by Crippen LogP contribution is -2.27. The fourth-order valence-electron chi connectivity index (χ4n) is 4.81. The molecule has 2 bridgehead atoms. The number of esters is 1. The number of ether oxygens (including phenoxy) is 2. The smallest absolute Gasteiger partial charge is 0.360 e. The van der Waals surface area contributed by atoms with E-state index in [9.17, 15) is 14.7 Å². The molecule has 0 amide bonds. The molecule has 2 aromatic carbocycles. The molecule has 2 saturated heterocycles. The maximum absolute atomic E-state index is 12.4. The van der Waals surface area contributed by atoms with Gasteiger partial charge in [0.25, 0.3) is 0 Å². The molecule has 0 saturated carbocycles. The summed E-state index contributed by atoms with van der Waals surface area (Å²) in [6, 6.07) is 16.4. The number of oxazole rings is 1. The molecule has 5 rings (SSSR count). The summed E-state index contributed by atoms with van der Waals surface area (Å²) in [5.74, 6) is -0.983. The number of aromatic nitrogens is 1. The van der Waals surface area contributed by atoms with Crippen LogP contribution in [-0.4, -0.2) is 34.2 Å².